The van der Waals surface area contributed by atoms with Gasteiger partial charge in [0.25, 0.3) is 0 Å². The molecular weight excluding hydrogens is 281 g/mol. The van der Waals surface area contributed by atoms with Crippen molar-refractivity contribution in [3.63, 3.8) is 0 Å². The first-order valence-corrected chi connectivity index (χ1v) is 6.06. The maximum absolute atomic E-state index is 13.4. The SMILES string of the molecule is O=C(CN(CC(F)(F)F)C1CC1)c1c(F)cccc1F. The molecule has 0 N–H and O–H groups in total. The second-order valence-corrected chi connectivity index (χ2v) is 4.77. The molecule has 0 bridgehead atoms. The van der Waals surface area contributed by atoms with Gasteiger partial charge in [-0.25, -0.2) is 8.78 Å². The van der Waals surface area contributed by atoms with E-state index >= 15 is 0 Å². The molecule has 0 aromatic heterocycles. The Bertz CT molecular complexity index is 490. The van der Waals surface area contributed by atoms with Crippen LogP contribution in [0.15, 0.2) is 18.2 Å². The number of carbonyl (C=O) groups excluding carboxylic acids is 1. The molecule has 1 aromatic carbocycles. The molecule has 1 aromatic rings. The molecule has 1 aliphatic rings. The van der Waals surface area contributed by atoms with Crippen LogP contribution in [0.25, 0.3) is 0 Å². The number of hydrogen-bond donors (Lipinski definition) is 0. The summed E-state index contributed by atoms with van der Waals surface area (Å²) in [5.74, 6) is -3.09. The van der Waals surface area contributed by atoms with E-state index in [1.165, 1.54) is 0 Å². The summed E-state index contributed by atoms with van der Waals surface area (Å²) in [6.45, 7) is -1.89. The lowest BCUT2D eigenvalue weighted by atomic mass is 10.1. The smallest absolute Gasteiger partial charge is 0.292 e. The fourth-order valence-corrected chi connectivity index (χ4v) is 2.01. The van der Waals surface area contributed by atoms with Crippen molar-refractivity contribution >= 4 is 5.78 Å². The number of benzene rings is 1. The predicted octanol–water partition coefficient (Wildman–Crippen LogP) is 3.17. The van der Waals surface area contributed by atoms with Gasteiger partial charge in [0.1, 0.15) is 11.6 Å². The monoisotopic (exact) mass is 293 g/mol. The van der Waals surface area contributed by atoms with Gasteiger partial charge in [0.2, 0.25) is 0 Å². The molecule has 7 heteroatoms. The molecule has 2 rings (SSSR count). The van der Waals surface area contributed by atoms with Crippen molar-refractivity contribution in [3.05, 3.63) is 35.4 Å². The molecule has 0 atom stereocenters. The Morgan fingerprint density at radius 2 is 1.75 bits per heavy atom. The Balaban J connectivity index is 2.12. The third kappa shape index (κ3) is 3.75. The van der Waals surface area contributed by atoms with Gasteiger partial charge in [-0.1, -0.05) is 6.07 Å². The lowest BCUT2D eigenvalue weighted by Gasteiger charge is -2.22. The van der Waals surface area contributed by atoms with Crippen LogP contribution < -0.4 is 0 Å². The van der Waals surface area contributed by atoms with Gasteiger partial charge in [0.05, 0.1) is 18.7 Å². The Kier molecular flexibility index (Phi) is 4.08. The minimum atomic E-state index is -4.45. The van der Waals surface area contributed by atoms with E-state index in [2.05, 4.69) is 0 Å². The summed E-state index contributed by atoms with van der Waals surface area (Å²) in [7, 11) is 0. The molecule has 2 nitrogen and oxygen atoms in total. The fraction of sp³-hybridized carbons (Fsp3) is 0.462. The minimum Gasteiger partial charge on any atom is -0.292 e. The van der Waals surface area contributed by atoms with Crippen LogP contribution in [-0.4, -0.2) is 36.0 Å². The summed E-state index contributed by atoms with van der Waals surface area (Å²) in [4.78, 5) is 12.8. The normalized spacial score (nSPS) is 15.7. The molecular formula is C13H12F5NO. The first-order valence-electron chi connectivity index (χ1n) is 6.06. The zero-order valence-electron chi connectivity index (χ0n) is 10.4. The van der Waals surface area contributed by atoms with Crippen molar-refractivity contribution in [2.45, 2.75) is 25.1 Å². The molecule has 0 heterocycles. The van der Waals surface area contributed by atoms with Crippen molar-refractivity contribution in [3.8, 4) is 0 Å². The number of nitrogens with zero attached hydrogens (tertiary/aromatic N) is 1. The quantitative estimate of drug-likeness (QED) is 0.614. The number of carbonyl (C=O) groups is 1. The Morgan fingerprint density at radius 1 is 1.20 bits per heavy atom. The van der Waals surface area contributed by atoms with Gasteiger partial charge < -0.3 is 0 Å². The molecule has 0 spiro atoms. The van der Waals surface area contributed by atoms with Crippen molar-refractivity contribution < 1.29 is 26.7 Å². The second-order valence-electron chi connectivity index (χ2n) is 4.77. The van der Waals surface area contributed by atoms with Crippen molar-refractivity contribution in [2.75, 3.05) is 13.1 Å². The Labute approximate surface area is 112 Å². The fourth-order valence-electron chi connectivity index (χ4n) is 2.01. The number of rotatable bonds is 5. The maximum atomic E-state index is 13.4. The molecule has 0 saturated heterocycles. The van der Waals surface area contributed by atoms with E-state index in [1.54, 1.807) is 0 Å². The lowest BCUT2D eigenvalue weighted by Crippen LogP contribution is -2.39. The third-order valence-corrected chi connectivity index (χ3v) is 3.03. The number of Topliss-reactive ketones (excluding diaryl/α,β-unsaturated/α-hetero) is 1. The first kappa shape index (κ1) is 14.9. The molecule has 0 amide bonds. The molecule has 110 valence electrons. The topological polar surface area (TPSA) is 20.3 Å². The second kappa shape index (κ2) is 5.47. The van der Waals surface area contributed by atoms with E-state index in [9.17, 15) is 26.7 Å². The number of ketones is 1. The summed E-state index contributed by atoms with van der Waals surface area (Å²) in [6, 6.07) is 2.56. The zero-order valence-corrected chi connectivity index (χ0v) is 10.4. The van der Waals surface area contributed by atoms with Crippen LogP contribution >= 0.6 is 0 Å². The van der Waals surface area contributed by atoms with E-state index in [-0.39, 0.29) is 6.04 Å². The largest absolute Gasteiger partial charge is 0.401 e. The first-order chi connectivity index (χ1) is 9.28. The summed E-state index contributed by atoms with van der Waals surface area (Å²) in [5.41, 5.74) is -0.777. The summed E-state index contributed by atoms with van der Waals surface area (Å²) in [5, 5.41) is 0. The van der Waals surface area contributed by atoms with Crippen LogP contribution in [0.3, 0.4) is 0 Å². The van der Waals surface area contributed by atoms with Crippen LogP contribution in [0.5, 0.6) is 0 Å². The van der Waals surface area contributed by atoms with Crippen LogP contribution in [0, 0.1) is 11.6 Å². The van der Waals surface area contributed by atoms with Gasteiger partial charge in [0.15, 0.2) is 5.78 Å². The molecule has 0 radical (unpaired) electrons. The van der Waals surface area contributed by atoms with Crippen molar-refractivity contribution in [2.24, 2.45) is 0 Å². The van der Waals surface area contributed by atoms with Crippen molar-refractivity contribution in [1.29, 1.82) is 0 Å². The van der Waals surface area contributed by atoms with E-state index < -0.39 is 42.2 Å². The highest BCUT2D eigenvalue weighted by molar-refractivity contribution is 5.98. The minimum absolute atomic E-state index is 0.338. The average Bonchev–Trinajstić information content (AvgIpc) is 3.09. The summed E-state index contributed by atoms with van der Waals surface area (Å²) in [6.07, 6.45) is -3.33. The maximum Gasteiger partial charge on any atom is 0.401 e. The molecule has 1 aliphatic carbocycles. The molecule has 0 aliphatic heterocycles. The van der Waals surface area contributed by atoms with E-state index in [1.807, 2.05) is 0 Å². The standard InChI is InChI=1S/C13H12F5NO/c14-9-2-1-3-10(15)12(9)11(20)6-19(8-4-5-8)7-13(16,17)18/h1-3,8H,4-7H2. The van der Waals surface area contributed by atoms with Gasteiger partial charge in [0, 0.05) is 6.04 Å². The summed E-state index contributed by atoms with van der Waals surface area (Å²) < 4.78 is 64.0. The third-order valence-electron chi connectivity index (χ3n) is 3.03. The highest BCUT2D eigenvalue weighted by atomic mass is 19.4. The zero-order chi connectivity index (χ0) is 14.9. The Morgan fingerprint density at radius 3 is 2.20 bits per heavy atom. The van der Waals surface area contributed by atoms with Crippen LogP contribution in [0.1, 0.15) is 23.2 Å². The van der Waals surface area contributed by atoms with E-state index in [0.29, 0.717) is 12.8 Å². The highest BCUT2D eigenvalue weighted by Gasteiger charge is 2.39. The average molecular weight is 293 g/mol. The lowest BCUT2D eigenvalue weighted by molar-refractivity contribution is -0.145. The van der Waals surface area contributed by atoms with Crippen molar-refractivity contribution in [1.82, 2.24) is 4.90 Å². The Hall–Kier alpha value is -1.50. The van der Waals surface area contributed by atoms with Crippen LogP contribution in [-0.2, 0) is 0 Å². The van der Waals surface area contributed by atoms with Gasteiger partial charge in [-0.05, 0) is 25.0 Å². The summed E-state index contributed by atoms with van der Waals surface area (Å²) >= 11 is 0. The van der Waals surface area contributed by atoms with Crippen LogP contribution in [0.2, 0.25) is 0 Å². The molecule has 20 heavy (non-hydrogen) atoms. The van der Waals surface area contributed by atoms with Gasteiger partial charge in [-0.3, -0.25) is 9.69 Å². The molecule has 0 unspecified atom stereocenters. The molecule has 1 saturated carbocycles. The van der Waals surface area contributed by atoms with Gasteiger partial charge in [-0.2, -0.15) is 13.2 Å². The number of halogens is 5. The number of alkyl halides is 3. The van der Waals surface area contributed by atoms with E-state index in [0.717, 1.165) is 23.1 Å². The van der Waals surface area contributed by atoms with Gasteiger partial charge >= 0.3 is 6.18 Å². The number of hydrogen-bond acceptors (Lipinski definition) is 2. The highest BCUT2D eigenvalue weighted by Crippen LogP contribution is 2.30. The molecule has 1 fully saturated rings. The van der Waals surface area contributed by atoms with Gasteiger partial charge in [-0.15, -0.1) is 0 Å². The van der Waals surface area contributed by atoms with E-state index in [4.69, 9.17) is 0 Å². The van der Waals surface area contributed by atoms with Crippen LogP contribution in [0.4, 0.5) is 22.0 Å². The predicted molar refractivity (Wildman–Crippen MR) is 61.3 cm³/mol.